The number of benzene rings is 3. The highest BCUT2D eigenvalue weighted by Crippen LogP contribution is 2.29. The molecule has 7 nitrogen and oxygen atoms in total. The van der Waals surface area contributed by atoms with Crippen LogP contribution in [0.3, 0.4) is 0 Å². The van der Waals surface area contributed by atoms with Crippen molar-refractivity contribution in [1.82, 2.24) is 5.43 Å². The molecule has 0 aliphatic heterocycles. The molecule has 0 heterocycles. The summed E-state index contributed by atoms with van der Waals surface area (Å²) >= 11 is 5.98. The minimum Gasteiger partial charge on any atom is -0.490 e. The fourth-order valence-electron chi connectivity index (χ4n) is 2.91. The van der Waals surface area contributed by atoms with E-state index in [1.54, 1.807) is 42.5 Å². The van der Waals surface area contributed by atoms with E-state index in [1.165, 1.54) is 6.21 Å². The number of carbonyl (C=O) groups excluding carboxylic acids is 2. The van der Waals surface area contributed by atoms with Crippen molar-refractivity contribution < 1.29 is 19.1 Å². The molecule has 0 aromatic heterocycles. The maximum Gasteiger partial charge on any atom is 0.329 e. The first-order chi connectivity index (χ1) is 16.0. The van der Waals surface area contributed by atoms with Gasteiger partial charge >= 0.3 is 11.8 Å². The van der Waals surface area contributed by atoms with Crippen LogP contribution in [0.5, 0.6) is 11.5 Å². The molecule has 0 saturated carbocycles. The molecule has 0 atom stereocenters. The summed E-state index contributed by atoms with van der Waals surface area (Å²) in [7, 11) is 0. The van der Waals surface area contributed by atoms with Gasteiger partial charge < -0.3 is 14.8 Å². The Morgan fingerprint density at radius 2 is 1.79 bits per heavy atom. The summed E-state index contributed by atoms with van der Waals surface area (Å²) in [5.74, 6) is -0.653. The predicted octanol–water partition coefficient (Wildman–Crippen LogP) is 4.71. The number of amides is 2. The molecule has 0 saturated heterocycles. The van der Waals surface area contributed by atoms with Crippen molar-refractivity contribution >= 4 is 35.3 Å². The molecular formula is C25H24ClN3O4. The van der Waals surface area contributed by atoms with Crippen LogP contribution in [-0.2, 0) is 16.2 Å². The second kappa shape index (κ2) is 11.7. The van der Waals surface area contributed by atoms with Crippen molar-refractivity contribution in [3.05, 3.63) is 88.4 Å². The Kier molecular flexibility index (Phi) is 8.43. The number of carbonyl (C=O) groups is 2. The van der Waals surface area contributed by atoms with E-state index in [4.69, 9.17) is 21.1 Å². The number of ether oxygens (including phenoxy) is 2. The zero-order valence-corrected chi connectivity index (χ0v) is 19.1. The zero-order valence-electron chi connectivity index (χ0n) is 18.3. The van der Waals surface area contributed by atoms with Crippen LogP contribution in [0.15, 0.2) is 71.8 Å². The van der Waals surface area contributed by atoms with Crippen LogP contribution in [0.25, 0.3) is 0 Å². The second-order valence-corrected chi connectivity index (χ2v) is 7.46. The Morgan fingerprint density at radius 1 is 0.970 bits per heavy atom. The lowest BCUT2D eigenvalue weighted by Crippen LogP contribution is -2.32. The van der Waals surface area contributed by atoms with E-state index in [-0.39, 0.29) is 0 Å². The van der Waals surface area contributed by atoms with Crippen LogP contribution in [0, 0.1) is 6.92 Å². The number of anilines is 1. The van der Waals surface area contributed by atoms with Gasteiger partial charge in [-0.3, -0.25) is 9.59 Å². The van der Waals surface area contributed by atoms with Crippen LogP contribution in [0.4, 0.5) is 5.69 Å². The van der Waals surface area contributed by atoms with E-state index in [0.717, 1.165) is 11.1 Å². The van der Waals surface area contributed by atoms with Crippen LogP contribution >= 0.6 is 11.6 Å². The Morgan fingerprint density at radius 3 is 2.55 bits per heavy atom. The maximum atomic E-state index is 12.0. The molecule has 0 aliphatic rings. The molecule has 3 aromatic carbocycles. The van der Waals surface area contributed by atoms with Gasteiger partial charge in [-0.1, -0.05) is 53.6 Å². The monoisotopic (exact) mass is 465 g/mol. The van der Waals surface area contributed by atoms with Gasteiger partial charge in [0.05, 0.1) is 23.5 Å². The molecule has 3 rings (SSSR count). The molecule has 0 unspecified atom stereocenters. The van der Waals surface area contributed by atoms with E-state index >= 15 is 0 Å². The van der Waals surface area contributed by atoms with Gasteiger partial charge in [0.25, 0.3) is 0 Å². The number of halogens is 1. The lowest BCUT2D eigenvalue weighted by Gasteiger charge is -2.13. The highest BCUT2D eigenvalue weighted by molar-refractivity contribution is 6.41. The van der Waals surface area contributed by atoms with Gasteiger partial charge in [-0.25, -0.2) is 5.43 Å². The van der Waals surface area contributed by atoms with Gasteiger partial charge in [0, 0.05) is 0 Å². The van der Waals surface area contributed by atoms with Crippen molar-refractivity contribution in [1.29, 1.82) is 0 Å². The highest BCUT2D eigenvalue weighted by Gasteiger charge is 2.14. The first kappa shape index (κ1) is 23.8. The minimum atomic E-state index is -0.922. The maximum absolute atomic E-state index is 12.0. The van der Waals surface area contributed by atoms with E-state index in [1.807, 2.05) is 32.0 Å². The van der Waals surface area contributed by atoms with Gasteiger partial charge in [0.2, 0.25) is 0 Å². The smallest absolute Gasteiger partial charge is 0.329 e. The molecule has 3 aromatic rings. The lowest BCUT2D eigenvalue weighted by molar-refractivity contribution is -0.136. The second-order valence-electron chi connectivity index (χ2n) is 7.05. The van der Waals surface area contributed by atoms with Gasteiger partial charge in [0.1, 0.15) is 6.61 Å². The van der Waals surface area contributed by atoms with Crippen LogP contribution < -0.4 is 20.2 Å². The summed E-state index contributed by atoms with van der Waals surface area (Å²) < 4.78 is 11.6. The fraction of sp³-hybridized carbons (Fsp3) is 0.160. The number of hydrogen-bond acceptors (Lipinski definition) is 5. The first-order valence-corrected chi connectivity index (χ1v) is 10.7. The standard InChI is InChI=1S/C25H24ClN3O4/c1-3-32-23-14-18(11-12-22(23)33-16-19-8-6-7-17(2)13-19)15-27-29-25(31)24(30)28-21-10-5-4-9-20(21)26/h4-15H,3,16H2,1-2H3,(H,28,30)(H,29,31)/b27-15+. The molecule has 0 radical (unpaired) electrons. The third-order valence-electron chi connectivity index (χ3n) is 4.45. The number of rotatable bonds is 8. The summed E-state index contributed by atoms with van der Waals surface area (Å²) in [5, 5.41) is 6.60. The van der Waals surface area contributed by atoms with E-state index < -0.39 is 11.8 Å². The highest BCUT2D eigenvalue weighted by atomic mass is 35.5. The molecule has 2 N–H and O–H groups in total. The van der Waals surface area contributed by atoms with E-state index in [9.17, 15) is 9.59 Å². The average molecular weight is 466 g/mol. The summed E-state index contributed by atoms with van der Waals surface area (Å²) in [6.45, 7) is 4.78. The largest absolute Gasteiger partial charge is 0.490 e. The Labute approximate surface area is 197 Å². The number of para-hydroxylation sites is 1. The normalized spacial score (nSPS) is 10.6. The molecule has 8 heteroatoms. The molecule has 2 amide bonds. The molecule has 0 fully saturated rings. The number of nitrogens with zero attached hydrogens (tertiary/aromatic N) is 1. The number of hydrogen-bond donors (Lipinski definition) is 2. The summed E-state index contributed by atoms with van der Waals surface area (Å²) in [4.78, 5) is 24.0. The fourth-order valence-corrected chi connectivity index (χ4v) is 3.10. The summed E-state index contributed by atoms with van der Waals surface area (Å²) in [5.41, 5.74) is 5.41. The SMILES string of the molecule is CCOc1cc(/C=N/NC(=O)C(=O)Nc2ccccc2Cl)ccc1OCc1cccc(C)c1. The molecule has 0 aliphatic carbocycles. The number of hydrazone groups is 1. The minimum absolute atomic E-state index is 0.329. The predicted molar refractivity (Wildman–Crippen MR) is 129 cm³/mol. The molecular weight excluding hydrogens is 442 g/mol. The lowest BCUT2D eigenvalue weighted by atomic mass is 10.1. The molecule has 170 valence electrons. The summed E-state index contributed by atoms with van der Waals surface area (Å²) in [6, 6.07) is 20.0. The quantitative estimate of drug-likeness (QED) is 0.286. The topological polar surface area (TPSA) is 89.0 Å². The van der Waals surface area contributed by atoms with Crippen LogP contribution in [0.2, 0.25) is 5.02 Å². The van der Waals surface area contributed by atoms with Gasteiger partial charge in [-0.15, -0.1) is 0 Å². The Bertz CT molecular complexity index is 1160. The molecule has 33 heavy (non-hydrogen) atoms. The Balaban J connectivity index is 1.60. The van der Waals surface area contributed by atoms with E-state index in [0.29, 0.717) is 41.0 Å². The number of aryl methyl sites for hydroxylation is 1. The third kappa shape index (κ3) is 7.08. The summed E-state index contributed by atoms with van der Waals surface area (Å²) in [6.07, 6.45) is 1.41. The van der Waals surface area contributed by atoms with Crippen molar-refractivity contribution in [3.8, 4) is 11.5 Å². The third-order valence-corrected chi connectivity index (χ3v) is 4.78. The van der Waals surface area contributed by atoms with Crippen LogP contribution in [0.1, 0.15) is 23.6 Å². The van der Waals surface area contributed by atoms with Crippen molar-refractivity contribution in [2.24, 2.45) is 5.10 Å². The van der Waals surface area contributed by atoms with Crippen molar-refractivity contribution in [2.75, 3.05) is 11.9 Å². The average Bonchev–Trinajstić information content (AvgIpc) is 2.80. The number of nitrogens with one attached hydrogen (secondary N) is 2. The van der Waals surface area contributed by atoms with Crippen molar-refractivity contribution in [3.63, 3.8) is 0 Å². The molecule has 0 bridgehead atoms. The first-order valence-electron chi connectivity index (χ1n) is 10.3. The van der Waals surface area contributed by atoms with Gasteiger partial charge in [0.15, 0.2) is 11.5 Å². The molecule has 0 spiro atoms. The van der Waals surface area contributed by atoms with Gasteiger partial charge in [-0.05, 0) is 55.3 Å². The van der Waals surface area contributed by atoms with Crippen molar-refractivity contribution in [2.45, 2.75) is 20.5 Å². The van der Waals surface area contributed by atoms with Crippen LogP contribution in [-0.4, -0.2) is 24.6 Å². The zero-order chi connectivity index (χ0) is 23.6. The Hall–Kier alpha value is -3.84. The van der Waals surface area contributed by atoms with Gasteiger partial charge in [-0.2, -0.15) is 5.10 Å². The van der Waals surface area contributed by atoms with E-state index in [2.05, 4.69) is 21.9 Å².